The van der Waals surface area contributed by atoms with Crippen LogP contribution in [-0.2, 0) is 12.0 Å². The first kappa shape index (κ1) is 15.1. The van der Waals surface area contributed by atoms with Crippen LogP contribution in [0.4, 0.5) is 0 Å². The highest BCUT2D eigenvalue weighted by Gasteiger charge is 2.24. The van der Waals surface area contributed by atoms with Crippen molar-refractivity contribution in [2.75, 3.05) is 0 Å². The zero-order chi connectivity index (χ0) is 13.4. The van der Waals surface area contributed by atoms with E-state index < -0.39 is 0 Å². The molecule has 0 fully saturated rings. The van der Waals surface area contributed by atoms with Crippen molar-refractivity contribution >= 4 is 0 Å². The molecule has 1 atom stereocenters. The van der Waals surface area contributed by atoms with E-state index in [1.807, 2.05) is 12.4 Å². The lowest BCUT2D eigenvalue weighted by Crippen LogP contribution is -2.22. The zero-order valence-electron chi connectivity index (χ0n) is 12.1. The number of nitrogens with two attached hydrogens (primary N) is 1. The molecule has 0 saturated carbocycles. The summed E-state index contributed by atoms with van der Waals surface area (Å²) < 4.78 is 0. The van der Waals surface area contributed by atoms with Crippen molar-refractivity contribution in [3.63, 3.8) is 0 Å². The maximum atomic E-state index is 5.53. The first-order valence-electron chi connectivity index (χ1n) is 7.17. The first-order valence-corrected chi connectivity index (χ1v) is 7.17. The van der Waals surface area contributed by atoms with Crippen LogP contribution in [0.5, 0.6) is 0 Å². The maximum absolute atomic E-state index is 5.53. The Kier molecular flexibility index (Phi) is 6.27. The predicted molar refractivity (Wildman–Crippen MR) is 76.3 cm³/mol. The van der Waals surface area contributed by atoms with Gasteiger partial charge in [-0.05, 0) is 23.8 Å². The van der Waals surface area contributed by atoms with E-state index >= 15 is 0 Å². The molecule has 0 aliphatic carbocycles. The third-order valence-electron chi connectivity index (χ3n) is 3.95. The highest BCUT2D eigenvalue weighted by atomic mass is 14.9. The van der Waals surface area contributed by atoms with Gasteiger partial charge in [-0.1, -0.05) is 46.5 Å². The molecule has 1 unspecified atom stereocenters. The molecular formula is C15H27N3. The molecular weight excluding hydrogens is 222 g/mol. The predicted octanol–water partition coefficient (Wildman–Crippen LogP) is 3.57. The van der Waals surface area contributed by atoms with Gasteiger partial charge in [0.2, 0.25) is 0 Å². The molecule has 102 valence electrons. The quantitative estimate of drug-likeness (QED) is 0.716. The van der Waals surface area contributed by atoms with Gasteiger partial charge < -0.3 is 5.73 Å². The number of aromatic nitrogens is 2. The maximum Gasteiger partial charge on any atom is 0.141 e. The summed E-state index contributed by atoms with van der Waals surface area (Å²) in [5.41, 5.74) is 6.99. The van der Waals surface area contributed by atoms with E-state index in [-0.39, 0.29) is 5.41 Å². The smallest absolute Gasteiger partial charge is 0.141 e. The van der Waals surface area contributed by atoms with Gasteiger partial charge in [0.15, 0.2) is 0 Å². The van der Waals surface area contributed by atoms with Gasteiger partial charge in [-0.2, -0.15) is 0 Å². The third kappa shape index (κ3) is 4.05. The van der Waals surface area contributed by atoms with E-state index in [2.05, 4.69) is 30.7 Å². The van der Waals surface area contributed by atoms with Crippen LogP contribution in [0, 0.1) is 0 Å². The molecule has 0 aromatic carbocycles. The Hall–Kier alpha value is -0.960. The standard InChI is InChI=1S/C15H27N3/c1-4-6-7-8-9-15(3,5-2)13-11-17-14(10-16)18-12-13/h11-12H,4-10,16H2,1-3H3. The van der Waals surface area contributed by atoms with Crippen LogP contribution in [0.1, 0.15) is 70.7 Å². The summed E-state index contributed by atoms with van der Waals surface area (Å²) in [5, 5.41) is 0. The van der Waals surface area contributed by atoms with Crippen LogP contribution in [0.25, 0.3) is 0 Å². The summed E-state index contributed by atoms with van der Waals surface area (Å²) in [5.74, 6) is 0.725. The number of nitrogens with zero attached hydrogens (tertiary/aromatic N) is 2. The summed E-state index contributed by atoms with van der Waals surface area (Å²) in [6.45, 7) is 7.23. The molecule has 1 aromatic heterocycles. The fourth-order valence-electron chi connectivity index (χ4n) is 2.24. The first-order chi connectivity index (χ1) is 8.66. The molecule has 1 heterocycles. The summed E-state index contributed by atoms with van der Waals surface area (Å²) in [7, 11) is 0. The van der Waals surface area contributed by atoms with E-state index in [4.69, 9.17) is 5.73 Å². The lowest BCUT2D eigenvalue weighted by molar-refractivity contribution is 0.393. The topological polar surface area (TPSA) is 51.8 Å². The van der Waals surface area contributed by atoms with Gasteiger partial charge in [0.1, 0.15) is 5.82 Å². The Morgan fingerprint density at radius 2 is 1.78 bits per heavy atom. The molecule has 1 aromatic rings. The van der Waals surface area contributed by atoms with E-state index in [0.29, 0.717) is 6.54 Å². The number of hydrogen-bond acceptors (Lipinski definition) is 3. The molecule has 0 aliphatic rings. The number of hydrogen-bond donors (Lipinski definition) is 1. The van der Waals surface area contributed by atoms with Crippen LogP contribution in [0.15, 0.2) is 12.4 Å². The van der Waals surface area contributed by atoms with E-state index in [1.165, 1.54) is 37.7 Å². The average molecular weight is 249 g/mol. The molecule has 0 radical (unpaired) electrons. The molecule has 3 nitrogen and oxygen atoms in total. The second-order valence-electron chi connectivity index (χ2n) is 5.32. The molecule has 1 rings (SSSR count). The lowest BCUT2D eigenvalue weighted by Gasteiger charge is -2.28. The Morgan fingerprint density at radius 1 is 1.11 bits per heavy atom. The van der Waals surface area contributed by atoms with E-state index in [1.54, 1.807) is 0 Å². The van der Waals surface area contributed by atoms with Crippen molar-refractivity contribution in [2.24, 2.45) is 5.73 Å². The molecule has 0 saturated heterocycles. The largest absolute Gasteiger partial charge is 0.324 e. The minimum absolute atomic E-state index is 0.209. The minimum Gasteiger partial charge on any atom is -0.324 e. The van der Waals surface area contributed by atoms with Crippen molar-refractivity contribution < 1.29 is 0 Å². The van der Waals surface area contributed by atoms with Crippen molar-refractivity contribution in [3.05, 3.63) is 23.8 Å². The van der Waals surface area contributed by atoms with Crippen LogP contribution in [-0.4, -0.2) is 9.97 Å². The summed E-state index contributed by atoms with van der Waals surface area (Å²) in [6, 6.07) is 0. The second kappa shape index (κ2) is 7.47. The number of unbranched alkanes of at least 4 members (excludes halogenated alkanes) is 3. The van der Waals surface area contributed by atoms with Gasteiger partial charge >= 0.3 is 0 Å². The van der Waals surface area contributed by atoms with Gasteiger partial charge in [0.05, 0.1) is 6.54 Å². The lowest BCUT2D eigenvalue weighted by atomic mass is 9.77. The molecule has 0 bridgehead atoms. The number of rotatable bonds is 8. The fourth-order valence-corrected chi connectivity index (χ4v) is 2.24. The van der Waals surface area contributed by atoms with Crippen LogP contribution < -0.4 is 5.73 Å². The Bertz CT molecular complexity index is 334. The molecule has 0 aliphatic heterocycles. The van der Waals surface area contributed by atoms with Gasteiger partial charge in [-0.3, -0.25) is 0 Å². The average Bonchev–Trinajstić information content (AvgIpc) is 2.43. The molecule has 18 heavy (non-hydrogen) atoms. The fraction of sp³-hybridized carbons (Fsp3) is 0.733. The summed E-state index contributed by atoms with van der Waals surface area (Å²) >= 11 is 0. The van der Waals surface area contributed by atoms with E-state index in [9.17, 15) is 0 Å². The Balaban J connectivity index is 2.66. The van der Waals surface area contributed by atoms with Crippen LogP contribution in [0.3, 0.4) is 0 Å². The summed E-state index contributed by atoms with van der Waals surface area (Å²) in [4.78, 5) is 8.64. The highest BCUT2D eigenvalue weighted by molar-refractivity contribution is 5.18. The molecule has 3 heteroatoms. The molecule has 0 amide bonds. The molecule has 2 N–H and O–H groups in total. The monoisotopic (exact) mass is 249 g/mol. The highest BCUT2D eigenvalue weighted by Crippen LogP contribution is 2.32. The van der Waals surface area contributed by atoms with Gasteiger partial charge in [-0.15, -0.1) is 0 Å². The van der Waals surface area contributed by atoms with Crippen molar-refractivity contribution in [3.8, 4) is 0 Å². The molecule has 0 spiro atoms. The van der Waals surface area contributed by atoms with Crippen molar-refractivity contribution in [2.45, 2.75) is 71.3 Å². The normalized spacial score (nSPS) is 14.4. The van der Waals surface area contributed by atoms with Gasteiger partial charge in [0.25, 0.3) is 0 Å². The van der Waals surface area contributed by atoms with Crippen LogP contribution >= 0.6 is 0 Å². The van der Waals surface area contributed by atoms with Crippen LogP contribution in [0.2, 0.25) is 0 Å². The second-order valence-corrected chi connectivity index (χ2v) is 5.32. The van der Waals surface area contributed by atoms with Crippen molar-refractivity contribution in [1.29, 1.82) is 0 Å². The van der Waals surface area contributed by atoms with Gasteiger partial charge in [-0.25, -0.2) is 9.97 Å². The zero-order valence-corrected chi connectivity index (χ0v) is 12.1. The minimum atomic E-state index is 0.209. The SMILES string of the molecule is CCCCCCC(C)(CC)c1cnc(CN)nc1. The third-order valence-corrected chi connectivity index (χ3v) is 3.95. The van der Waals surface area contributed by atoms with Gasteiger partial charge in [0, 0.05) is 12.4 Å². The Labute approximate surface area is 111 Å². The Morgan fingerprint density at radius 3 is 2.28 bits per heavy atom. The summed E-state index contributed by atoms with van der Waals surface area (Å²) in [6.07, 6.45) is 11.5. The van der Waals surface area contributed by atoms with E-state index in [0.717, 1.165) is 12.2 Å². The van der Waals surface area contributed by atoms with Crippen molar-refractivity contribution in [1.82, 2.24) is 9.97 Å².